The van der Waals surface area contributed by atoms with Gasteiger partial charge in [0.2, 0.25) is 5.95 Å². The first-order valence-electron chi connectivity index (χ1n) is 6.53. The fourth-order valence-electron chi connectivity index (χ4n) is 2.32. The molecule has 3 rings (SSSR count). The number of anilines is 2. The van der Waals surface area contributed by atoms with E-state index in [0.29, 0.717) is 5.82 Å². The van der Waals surface area contributed by atoms with E-state index in [1.54, 1.807) is 0 Å². The number of rotatable bonds is 3. The van der Waals surface area contributed by atoms with Gasteiger partial charge in [0, 0.05) is 24.7 Å². The SMILES string of the molecule is NNc1cc(-c2ccccc2)nc(N2CCCC2)n1. The molecule has 0 atom stereocenters. The van der Waals surface area contributed by atoms with Crippen LogP contribution in [0.4, 0.5) is 11.8 Å². The van der Waals surface area contributed by atoms with Gasteiger partial charge in [-0.15, -0.1) is 0 Å². The summed E-state index contributed by atoms with van der Waals surface area (Å²) < 4.78 is 0. The number of nitrogens with zero attached hydrogens (tertiary/aromatic N) is 3. The van der Waals surface area contributed by atoms with Crippen molar-refractivity contribution in [1.82, 2.24) is 9.97 Å². The molecule has 1 aliphatic rings. The molecule has 1 aromatic carbocycles. The topological polar surface area (TPSA) is 67.1 Å². The van der Waals surface area contributed by atoms with Gasteiger partial charge in [0.05, 0.1) is 5.69 Å². The van der Waals surface area contributed by atoms with Gasteiger partial charge in [-0.2, -0.15) is 4.98 Å². The van der Waals surface area contributed by atoms with E-state index in [1.165, 1.54) is 12.8 Å². The third-order valence-corrected chi connectivity index (χ3v) is 3.32. The quantitative estimate of drug-likeness (QED) is 0.649. The molecule has 0 aliphatic carbocycles. The first-order valence-corrected chi connectivity index (χ1v) is 6.53. The molecule has 98 valence electrons. The Balaban J connectivity index is 2.02. The molecular formula is C14H17N5. The molecule has 5 heteroatoms. The molecule has 0 bridgehead atoms. The van der Waals surface area contributed by atoms with Crippen LogP contribution in [0.3, 0.4) is 0 Å². The number of aromatic nitrogens is 2. The smallest absolute Gasteiger partial charge is 0.227 e. The minimum absolute atomic E-state index is 0.649. The summed E-state index contributed by atoms with van der Waals surface area (Å²) in [6, 6.07) is 11.9. The number of nitrogens with two attached hydrogens (primary N) is 1. The standard InChI is InChI=1S/C14H17N5/c15-18-13-10-12(11-6-2-1-3-7-11)16-14(17-13)19-8-4-5-9-19/h1-3,6-7,10H,4-5,8-9,15H2,(H,16,17,18). The van der Waals surface area contributed by atoms with Gasteiger partial charge in [0.15, 0.2) is 0 Å². The summed E-state index contributed by atoms with van der Waals surface area (Å²) in [6.07, 6.45) is 2.40. The van der Waals surface area contributed by atoms with Crippen molar-refractivity contribution in [1.29, 1.82) is 0 Å². The van der Waals surface area contributed by atoms with Crippen LogP contribution in [-0.2, 0) is 0 Å². The van der Waals surface area contributed by atoms with Crippen molar-refractivity contribution >= 4 is 11.8 Å². The molecule has 0 unspecified atom stereocenters. The molecule has 0 saturated carbocycles. The molecule has 1 aromatic heterocycles. The number of hydrogen-bond donors (Lipinski definition) is 2. The van der Waals surface area contributed by atoms with Gasteiger partial charge in [-0.05, 0) is 12.8 Å². The maximum absolute atomic E-state index is 5.51. The molecule has 1 fully saturated rings. The van der Waals surface area contributed by atoms with Gasteiger partial charge in [-0.1, -0.05) is 30.3 Å². The first kappa shape index (κ1) is 11.9. The molecule has 2 aromatic rings. The van der Waals surface area contributed by atoms with Crippen molar-refractivity contribution in [3.8, 4) is 11.3 Å². The average molecular weight is 255 g/mol. The lowest BCUT2D eigenvalue weighted by Gasteiger charge is -2.17. The number of nitrogen functional groups attached to an aromatic ring is 1. The van der Waals surface area contributed by atoms with Crippen LogP contribution in [0.1, 0.15) is 12.8 Å². The Morgan fingerprint density at radius 2 is 1.79 bits per heavy atom. The molecule has 3 N–H and O–H groups in total. The molecule has 1 saturated heterocycles. The third-order valence-electron chi connectivity index (χ3n) is 3.32. The van der Waals surface area contributed by atoms with Crippen LogP contribution in [0, 0.1) is 0 Å². The summed E-state index contributed by atoms with van der Waals surface area (Å²) in [5, 5.41) is 0. The highest BCUT2D eigenvalue weighted by Gasteiger charge is 2.16. The third kappa shape index (κ3) is 2.51. The highest BCUT2D eigenvalue weighted by atomic mass is 15.3. The Hall–Kier alpha value is -2.14. The zero-order chi connectivity index (χ0) is 13.1. The van der Waals surface area contributed by atoms with Crippen molar-refractivity contribution in [2.45, 2.75) is 12.8 Å². The first-order chi connectivity index (χ1) is 9.36. The summed E-state index contributed by atoms with van der Waals surface area (Å²) in [6.45, 7) is 2.03. The van der Waals surface area contributed by atoms with E-state index in [-0.39, 0.29) is 0 Å². The molecule has 0 spiro atoms. The Morgan fingerprint density at radius 1 is 1.05 bits per heavy atom. The van der Waals surface area contributed by atoms with Crippen molar-refractivity contribution in [3.05, 3.63) is 36.4 Å². The van der Waals surface area contributed by atoms with E-state index in [2.05, 4.69) is 20.3 Å². The van der Waals surface area contributed by atoms with Gasteiger partial charge in [-0.25, -0.2) is 10.8 Å². The summed E-state index contributed by atoms with van der Waals surface area (Å²) >= 11 is 0. The number of nitrogens with one attached hydrogen (secondary N) is 1. The molecule has 0 amide bonds. The minimum Gasteiger partial charge on any atom is -0.341 e. The van der Waals surface area contributed by atoms with E-state index in [1.807, 2.05) is 36.4 Å². The van der Waals surface area contributed by atoms with Crippen LogP contribution in [-0.4, -0.2) is 23.1 Å². The van der Waals surface area contributed by atoms with Crippen LogP contribution in [0.2, 0.25) is 0 Å². The zero-order valence-electron chi connectivity index (χ0n) is 10.7. The summed E-state index contributed by atoms with van der Waals surface area (Å²) in [7, 11) is 0. The second kappa shape index (κ2) is 5.24. The molecular weight excluding hydrogens is 238 g/mol. The molecule has 0 radical (unpaired) electrons. The van der Waals surface area contributed by atoms with Crippen LogP contribution >= 0.6 is 0 Å². The van der Waals surface area contributed by atoms with Gasteiger partial charge >= 0.3 is 0 Å². The monoisotopic (exact) mass is 255 g/mol. The van der Waals surface area contributed by atoms with Crippen LogP contribution in [0.5, 0.6) is 0 Å². The lowest BCUT2D eigenvalue weighted by atomic mass is 10.1. The van der Waals surface area contributed by atoms with E-state index in [4.69, 9.17) is 5.84 Å². The molecule has 1 aliphatic heterocycles. The summed E-state index contributed by atoms with van der Waals surface area (Å²) in [4.78, 5) is 11.3. The fraction of sp³-hybridized carbons (Fsp3) is 0.286. The maximum atomic E-state index is 5.51. The molecule has 19 heavy (non-hydrogen) atoms. The van der Waals surface area contributed by atoms with Gasteiger partial charge in [-0.3, -0.25) is 0 Å². The lowest BCUT2D eigenvalue weighted by molar-refractivity contribution is 0.900. The van der Waals surface area contributed by atoms with Crippen molar-refractivity contribution < 1.29 is 0 Å². The molecule has 5 nitrogen and oxygen atoms in total. The number of benzene rings is 1. The summed E-state index contributed by atoms with van der Waals surface area (Å²) in [5.41, 5.74) is 4.59. The van der Waals surface area contributed by atoms with E-state index >= 15 is 0 Å². The average Bonchev–Trinajstić information content (AvgIpc) is 3.02. The zero-order valence-corrected chi connectivity index (χ0v) is 10.7. The lowest BCUT2D eigenvalue weighted by Crippen LogP contribution is -2.21. The van der Waals surface area contributed by atoms with Crippen molar-refractivity contribution in [2.75, 3.05) is 23.4 Å². The minimum atomic E-state index is 0.649. The van der Waals surface area contributed by atoms with Crippen molar-refractivity contribution in [3.63, 3.8) is 0 Å². The predicted molar refractivity (Wildman–Crippen MR) is 76.7 cm³/mol. The fourth-order valence-corrected chi connectivity index (χ4v) is 2.32. The Labute approximate surface area is 112 Å². The van der Waals surface area contributed by atoms with Gasteiger partial charge in [0.25, 0.3) is 0 Å². The van der Waals surface area contributed by atoms with E-state index in [9.17, 15) is 0 Å². The van der Waals surface area contributed by atoms with Crippen LogP contribution in [0.25, 0.3) is 11.3 Å². The number of hydrogen-bond acceptors (Lipinski definition) is 5. The second-order valence-electron chi connectivity index (χ2n) is 4.64. The Kier molecular flexibility index (Phi) is 3.29. The maximum Gasteiger partial charge on any atom is 0.227 e. The van der Waals surface area contributed by atoms with Crippen LogP contribution < -0.4 is 16.2 Å². The van der Waals surface area contributed by atoms with E-state index < -0.39 is 0 Å². The largest absolute Gasteiger partial charge is 0.341 e. The van der Waals surface area contributed by atoms with E-state index in [0.717, 1.165) is 30.3 Å². The Bertz CT molecular complexity index is 549. The number of hydrazine groups is 1. The predicted octanol–water partition coefficient (Wildman–Crippen LogP) is 2.03. The van der Waals surface area contributed by atoms with Crippen LogP contribution in [0.15, 0.2) is 36.4 Å². The highest BCUT2D eigenvalue weighted by Crippen LogP contribution is 2.24. The van der Waals surface area contributed by atoms with Gasteiger partial charge in [0.1, 0.15) is 5.82 Å². The normalized spacial score (nSPS) is 14.7. The second-order valence-corrected chi connectivity index (χ2v) is 4.64. The van der Waals surface area contributed by atoms with Crippen molar-refractivity contribution in [2.24, 2.45) is 5.84 Å². The summed E-state index contributed by atoms with van der Waals surface area (Å²) in [5.74, 6) is 6.91. The Morgan fingerprint density at radius 3 is 2.47 bits per heavy atom. The van der Waals surface area contributed by atoms with Gasteiger partial charge < -0.3 is 10.3 Å². The highest BCUT2D eigenvalue weighted by molar-refractivity contribution is 5.64. The molecule has 2 heterocycles.